The molecule has 2 aromatic carbocycles. The Morgan fingerprint density at radius 1 is 1.22 bits per heavy atom. The topological polar surface area (TPSA) is 92.6 Å². The minimum absolute atomic E-state index is 0.0634. The van der Waals surface area contributed by atoms with Crippen molar-refractivity contribution in [3.05, 3.63) is 62.7 Å². The van der Waals surface area contributed by atoms with Crippen molar-refractivity contribution in [2.45, 2.75) is 20.3 Å². The zero-order valence-electron chi connectivity index (χ0n) is 14.9. The summed E-state index contributed by atoms with van der Waals surface area (Å²) in [5.74, 6) is -1.04. The molecule has 1 atom stereocenters. The standard InChI is InChI=1S/C19H18ClN3O4/c1-11-14(20)5-3-7-16(11)22-10-13(9-18(22)24)19(25)21-15-6-4-8-17(12(15)2)23(26)27/h3-8,13H,9-10H2,1-2H3,(H,21,25)/t13-/m1/s1. The predicted octanol–water partition coefficient (Wildman–Crippen LogP) is 3.86. The van der Waals surface area contributed by atoms with Gasteiger partial charge < -0.3 is 10.2 Å². The van der Waals surface area contributed by atoms with E-state index in [-0.39, 0.29) is 30.5 Å². The van der Waals surface area contributed by atoms with Gasteiger partial charge in [-0.05, 0) is 37.6 Å². The Labute approximate surface area is 161 Å². The predicted molar refractivity (Wildman–Crippen MR) is 103 cm³/mol. The number of carbonyl (C=O) groups excluding carboxylic acids is 2. The van der Waals surface area contributed by atoms with Gasteiger partial charge in [-0.2, -0.15) is 0 Å². The lowest BCUT2D eigenvalue weighted by Crippen LogP contribution is -2.28. The highest BCUT2D eigenvalue weighted by Crippen LogP contribution is 2.32. The molecule has 1 fully saturated rings. The number of halogens is 1. The molecule has 1 aliphatic rings. The maximum atomic E-state index is 12.6. The fourth-order valence-electron chi connectivity index (χ4n) is 3.20. The van der Waals surface area contributed by atoms with Crippen LogP contribution in [0.3, 0.4) is 0 Å². The third kappa shape index (κ3) is 3.64. The third-order valence-electron chi connectivity index (χ3n) is 4.79. The lowest BCUT2D eigenvalue weighted by molar-refractivity contribution is -0.385. The smallest absolute Gasteiger partial charge is 0.274 e. The Hall–Kier alpha value is -2.93. The second-order valence-corrected chi connectivity index (χ2v) is 6.89. The first kappa shape index (κ1) is 18.8. The summed E-state index contributed by atoms with van der Waals surface area (Å²) in [5, 5.41) is 14.3. The summed E-state index contributed by atoms with van der Waals surface area (Å²) in [7, 11) is 0. The van der Waals surface area contributed by atoms with Crippen molar-refractivity contribution >= 4 is 40.5 Å². The van der Waals surface area contributed by atoms with Crippen LogP contribution in [0, 0.1) is 29.9 Å². The van der Waals surface area contributed by atoms with E-state index in [1.165, 1.54) is 12.1 Å². The zero-order chi connectivity index (χ0) is 19.7. The molecule has 0 aliphatic carbocycles. The molecule has 7 nitrogen and oxygen atoms in total. The van der Waals surface area contributed by atoms with Crippen LogP contribution in [0.15, 0.2) is 36.4 Å². The Morgan fingerprint density at radius 3 is 2.63 bits per heavy atom. The van der Waals surface area contributed by atoms with Crippen LogP contribution in [-0.2, 0) is 9.59 Å². The molecule has 0 aromatic heterocycles. The van der Waals surface area contributed by atoms with Crippen molar-refractivity contribution in [2.75, 3.05) is 16.8 Å². The minimum Gasteiger partial charge on any atom is -0.325 e. The van der Waals surface area contributed by atoms with Crippen molar-refractivity contribution in [1.29, 1.82) is 0 Å². The van der Waals surface area contributed by atoms with Crippen LogP contribution in [0.2, 0.25) is 5.02 Å². The number of benzene rings is 2. The molecule has 27 heavy (non-hydrogen) atoms. The highest BCUT2D eigenvalue weighted by Gasteiger charge is 2.36. The summed E-state index contributed by atoms with van der Waals surface area (Å²) in [6, 6.07) is 9.81. The summed E-state index contributed by atoms with van der Waals surface area (Å²) >= 11 is 6.13. The molecule has 0 saturated carbocycles. The van der Waals surface area contributed by atoms with Crippen LogP contribution in [0.1, 0.15) is 17.5 Å². The van der Waals surface area contributed by atoms with Crippen molar-refractivity contribution in [3.8, 4) is 0 Å². The fraction of sp³-hybridized carbons (Fsp3) is 0.263. The van der Waals surface area contributed by atoms with Crippen LogP contribution in [0.4, 0.5) is 17.1 Å². The average Bonchev–Trinajstić information content (AvgIpc) is 3.00. The maximum absolute atomic E-state index is 12.6. The number of nitrogens with zero attached hydrogens (tertiary/aromatic N) is 2. The number of nitrogens with one attached hydrogen (secondary N) is 1. The van der Waals surface area contributed by atoms with E-state index < -0.39 is 10.8 Å². The van der Waals surface area contributed by atoms with E-state index in [9.17, 15) is 19.7 Å². The molecule has 0 unspecified atom stereocenters. The molecule has 0 bridgehead atoms. The van der Waals surface area contributed by atoms with Gasteiger partial charge in [0.25, 0.3) is 5.69 Å². The Kier molecular flexibility index (Phi) is 5.14. The number of hydrogen-bond donors (Lipinski definition) is 1. The molecule has 1 aliphatic heterocycles. The van der Waals surface area contributed by atoms with E-state index in [0.29, 0.717) is 22.0 Å². The van der Waals surface area contributed by atoms with Gasteiger partial charge in [-0.1, -0.05) is 23.7 Å². The number of hydrogen-bond acceptors (Lipinski definition) is 4. The molecule has 1 heterocycles. The van der Waals surface area contributed by atoms with E-state index in [0.717, 1.165) is 5.56 Å². The minimum atomic E-state index is -0.547. The number of rotatable bonds is 4. The van der Waals surface area contributed by atoms with Crippen molar-refractivity contribution in [1.82, 2.24) is 0 Å². The van der Waals surface area contributed by atoms with E-state index in [1.807, 2.05) is 6.92 Å². The highest BCUT2D eigenvalue weighted by atomic mass is 35.5. The Balaban J connectivity index is 1.78. The maximum Gasteiger partial charge on any atom is 0.274 e. The van der Waals surface area contributed by atoms with Gasteiger partial charge in [0.15, 0.2) is 0 Å². The third-order valence-corrected chi connectivity index (χ3v) is 5.19. The molecule has 1 N–H and O–H groups in total. The fourth-order valence-corrected chi connectivity index (χ4v) is 3.37. The molecule has 2 aromatic rings. The SMILES string of the molecule is Cc1c(Cl)cccc1N1C[C@H](C(=O)Nc2cccc([N+](=O)[O-])c2C)CC1=O. The van der Waals surface area contributed by atoms with E-state index in [1.54, 1.807) is 36.1 Å². The molecule has 0 spiro atoms. The second-order valence-electron chi connectivity index (χ2n) is 6.49. The number of nitro benzene ring substituents is 1. The van der Waals surface area contributed by atoms with E-state index in [4.69, 9.17) is 11.6 Å². The summed E-state index contributed by atoms with van der Waals surface area (Å²) in [6.45, 7) is 3.64. The van der Waals surface area contributed by atoms with Gasteiger partial charge in [0.05, 0.1) is 22.1 Å². The summed E-state index contributed by atoms with van der Waals surface area (Å²) in [5.41, 5.74) is 2.16. The van der Waals surface area contributed by atoms with Crippen molar-refractivity contribution in [3.63, 3.8) is 0 Å². The van der Waals surface area contributed by atoms with Gasteiger partial charge >= 0.3 is 0 Å². The van der Waals surface area contributed by atoms with Crippen molar-refractivity contribution in [2.24, 2.45) is 5.92 Å². The number of carbonyl (C=O) groups is 2. The normalized spacial score (nSPS) is 16.5. The molecular formula is C19H18ClN3O4. The molecule has 8 heteroatoms. The van der Waals surface area contributed by atoms with Gasteiger partial charge in [0, 0.05) is 29.7 Å². The molecule has 0 radical (unpaired) electrons. The van der Waals surface area contributed by atoms with Crippen LogP contribution >= 0.6 is 11.6 Å². The molecule has 2 amide bonds. The van der Waals surface area contributed by atoms with Crippen molar-refractivity contribution < 1.29 is 14.5 Å². The quantitative estimate of drug-likeness (QED) is 0.636. The first-order valence-corrected chi connectivity index (χ1v) is 8.77. The molecule has 1 saturated heterocycles. The van der Waals surface area contributed by atoms with E-state index in [2.05, 4.69) is 5.32 Å². The Morgan fingerprint density at radius 2 is 1.93 bits per heavy atom. The first-order chi connectivity index (χ1) is 12.8. The largest absolute Gasteiger partial charge is 0.325 e. The first-order valence-electron chi connectivity index (χ1n) is 8.40. The lowest BCUT2D eigenvalue weighted by Gasteiger charge is -2.19. The van der Waals surface area contributed by atoms with Gasteiger partial charge in [-0.3, -0.25) is 19.7 Å². The number of amides is 2. The van der Waals surface area contributed by atoms with E-state index >= 15 is 0 Å². The van der Waals surface area contributed by atoms with Crippen LogP contribution < -0.4 is 10.2 Å². The van der Waals surface area contributed by atoms with Crippen LogP contribution in [0.5, 0.6) is 0 Å². The monoisotopic (exact) mass is 387 g/mol. The second kappa shape index (κ2) is 7.36. The number of nitro groups is 1. The van der Waals surface area contributed by atoms with Gasteiger partial charge in [0.1, 0.15) is 0 Å². The van der Waals surface area contributed by atoms with Crippen LogP contribution in [0.25, 0.3) is 0 Å². The van der Waals surface area contributed by atoms with Gasteiger partial charge in [-0.15, -0.1) is 0 Å². The van der Waals surface area contributed by atoms with Crippen LogP contribution in [-0.4, -0.2) is 23.3 Å². The highest BCUT2D eigenvalue weighted by molar-refractivity contribution is 6.31. The zero-order valence-corrected chi connectivity index (χ0v) is 15.6. The van der Waals surface area contributed by atoms with Gasteiger partial charge in [0.2, 0.25) is 11.8 Å². The molecule has 3 rings (SSSR count). The molecule has 140 valence electrons. The molecular weight excluding hydrogens is 370 g/mol. The Bertz CT molecular complexity index is 945. The number of anilines is 2. The summed E-state index contributed by atoms with van der Waals surface area (Å²) in [6.07, 6.45) is 0.0752. The van der Waals surface area contributed by atoms with Gasteiger partial charge in [-0.25, -0.2) is 0 Å². The lowest BCUT2D eigenvalue weighted by atomic mass is 10.1. The summed E-state index contributed by atoms with van der Waals surface area (Å²) < 4.78 is 0. The average molecular weight is 388 g/mol. The summed E-state index contributed by atoms with van der Waals surface area (Å²) in [4.78, 5) is 37.2.